The predicted octanol–water partition coefficient (Wildman–Crippen LogP) is 0.776. The molecule has 1 unspecified atom stereocenters. The van der Waals surface area contributed by atoms with E-state index in [1.54, 1.807) is 0 Å². The van der Waals surface area contributed by atoms with Gasteiger partial charge in [-0.25, -0.2) is 0 Å². The number of aromatic nitrogens is 2. The summed E-state index contributed by atoms with van der Waals surface area (Å²) in [5.74, 6) is 0. The second kappa shape index (κ2) is 5.46. The lowest BCUT2D eigenvalue weighted by atomic mass is 10.0. The predicted molar refractivity (Wildman–Crippen MR) is 65.2 cm³/mol. The molecule has 16 heavy (non-hydrogen) atoms. The summed E-state index contributed by atoms with van der Waals surface area (Å²) in [6, 6.07) is 0.602. The molecular formula is C12H22N4. The minimum Gasteiger partial charge on any atom is -0.329 e. The zero-order chi connectivity index (χ0) is 11.4. The maximum atomic E-state index is 5.81. The van der Waals surface area contributed by atoms with Crippen LogP contribution in [0.5, 0.6) is 0 Å². The highest BCUT2D eigenvalue weighted by Crippen LogP contribution is 2.16. The van der Waals surface area contributed by atoms with Gasteiger partial charge in [-0.05, 0) is 31.4 Å². The van der Waals surface area contributed by atoms with Gasteiger partial charge >= 0.3 is 0 Å². The second-order valence-corrected chi connectivity index (χ2v) is 4.69. The van der Waals surface area contributed by atoms with Gasteiger partial charge in [-0.15, -0.1) is 0 Å². The maximum absolute atomic E-state index is 5.81. The Hall–Kier alpha value is -0.870. The van der Waals surface area contributed by atoms with Crippen LogP contribution in [0.3, 0.4) is 0 Å². The molecule has 2 heterocycles. The molecule has 1 aromatic rings. The molecule has 1 aliphatic heterocycles. The molecule has 0 saturated carbocycles. The number of piperidine rings is 1. The molecule has 0 radical (unpaired) electrons. The smallest absolute Gasteiger partial charge is 0.0522 e. The molecule has 1 fully saturated rings. The molecule has 2 rings (SSSR count). The lowest BCUT2D eigenvalue weighted by Crippen LogP contribution is -2.44. The quantitative estimate of drug-likeness (QED) is 0.819. The SMILES string of the molecule is Cn1cc(CCN2CCCCC2CN)cn1. The van der Waals surface area contributed by atoms with Gasteiger partial charge in [0.05, 0.1) is 6.20 Å². The van der Waals surface area contributed by atoms with Crippen molar-refractivity contribution in [1.82, 2.24) is 14.7 Å². The molecular weight excluding hydrogens is 200 g/mol. The number of nitrogens with zero attached hydrogens (tertiary/aromatic N) is 3. The zero-order valence-electron chi connectivity index (χ0n) is 10.1. The highest BCUT2D eigenvalue weighted by atomic mass is 15.2. The molecule has 2 N–H and O–H groups in total. The maximum Gasteiger partial charge on any atom is 0.0522 e. The van der Waals surface area contributed by atoms with Crippen molar-refractivity contribution in [3.63, 3.8) is 0 Å². The number of rotatable bonds is 4. The van der Waals surface area contributed by atoms with Crippen molar-refractivity contribution in [1.29, 1.82) is 0 Å². The van der Waals surface area contributed by atoms with Gasteiger partial charge in [0.2, 0.25) is 0 Å². The molecule has 0 bridgehead atoms. The molecule has 1 aromatic heterocycles. The van der Waals surface area contributed by atoms with E-state index in [4.69, 9.17) is 5.73 Å². The first-order valence-electron chi connectivity index (χ1n) is 6.21. The first kappa shape index (κ1) is 11.6. The van der Waals surface area contributed by atoms with Gasteiger partial charge in [-0.1, -0.05) is 6.42 Å². The highest BCUT2D eigenvalue weighted by molar-refractivity contribution is 5.04. The van der Waals surface area contributed by atoms with E-state index >= 15 is 0 Å². The van der Waals surface area contributed by atoms with Crippen LogP contribution >= 0.6 is 0 Å². The van der Waals surface area contributed by atoms with Crippen molar-refractivity contribution in [2.75, 3.05) is 19.6 Å². The minimum absolute atomic E-state index is 0.602. The van der Waals surface area contributed by atoms with Crippen LogP contribution in [0.4, 0.5) is 0 Å². The van der Waals surface area contributed by atoms with Crippen LogP contribution in [0.2, 0.25) is 0 Å². The average Bonchev–Trinajstić information content (AvgIpc) is 2.73. The van der Waals surface area contributed by atoms with Crippen molar-refractivity contribution in [3.8, 4) is 0 Å². The van der Waals surface area contributed by atoms with Gasteiger partial charge in [0.1, 0.15) is 0 Å². The van der Waals surface area contributed by atoms with Crippen LogP contribution in [0, 0.1) is 0 Å². The summed E-state index contributed by atoms with van der Waals surface area (Å²) in [5, 5.41) is 4.19. The second-order valence-electron chi connectivity index (χ2n) is 4.69. The fourth-order valence-electron chi connectivity index (χ4n) is 2.49. The third-order valence-electron chi connectivity index (χ3n) is 3.47. The van der Waals surface area contributed by atoms with Crippen molar-refractivity contribution in [2.24, 2.45) is 12.8 Å². The Balaban J connectivity index is 1.84. The third-order valence-corrected chi connectivity index (χ3v) is 3.47. The summed E-state index contributed by atoms with van der Waals surface area (Å²) < 4.78 is 1.87. The molecule has 1 atom stereocenters. The van der Waals surface area contributed by atoms with E-state index in [1.165, 1.54) is 31.4 Å². The Morgan fingerprint density at radius 1 is 1.50 bits per heavy atom. The van der Waals surface area contributed by atoms with Gasteiger partial charge in [0.15, 0.2) is 0 Å². The number of likely N-dealkylation sites (tertiary alicyclic amines) is 1. The molecule has 90 valence electrons. The highest BCUT2D eigenvalue weighted by Gasteiger charge is 2.20. The van der Waals surface area contributed by atoms with Crippen molar-refractivity contribution in [2.45, 2.75) is 31.7 Å². The van der Waals surface area contributed by atoms with E-state index in [2.05, 4.69) is 16.2 Å². The van der Waals surface area contributed by atoms with E-state index in [9.17, 15) is 0 Å². The van der Waals surface area contributed by atoms with E-state index in [0.717, 1.165) is 19.5 Å². The Bertz CT molecular complexity index is 321. The number of nitrogens with two attached hydrogens (primary N) is 1. The molecule has 0 amide bonds. The largest absolute Gasteiger partial charge is 0.329 e. The van der Waals surface area contributed by atoms with Crippen LogP contribution in [0.15, 0.2) is 12.4 Å². The summed E-state index contributed by atoms with van der Waals surface area (Å²) in [4.78, 5) is 2.54. The lowest BCUT2D eigenvalue weighted by Gasteiger charge is -2.34. The molecule has 4 nitrogen and oxygen atoms in total. The summed E-state index contributed by atoms with van der Waals surface area (Å²) in [6.07, 6.45) is 9.07. The van der Waals surface area contributed by atoms with Crippen molar-refractivity contribution < 1.29 is 0 Å². The topological polar surface area (TPSA) is 47.1 Å². The number of aryl methyl sites for hydroxylation is 1. The summed E-state index contributed by atoms with van der Waals surface area (Å²) in [6.45, 7) is 3.13. The van der Waals surface area contributed by atoms with Crippen molar-refractivity contribution in [3.05, 3.63) is 18.0 Å². The van der Waals surface area contributed by atoms with Crippen LogP contribution in [-0.4, -0.2) is 40.4 Å². The van der Waals surface area contributed by atoms with Crippen LogP contribution in [0.25, 0.3) is 0 Å². The normalized spacial score (nSPS) is 22.5. The van der Waals surface area contributed by atoms with Gasteiger partial charge in [-0.3, -0.25) is 9.58 Å². The first-order chi connectivity index (χ1) is 7.79. The molecule has 0 aromatic carbocycles. The summed E-state index contributed by atoms with van der Waals surface area (Å²) >= 11 is 0. The molecule has 0 aliphatic carbocycles. The fourth-order valence-corrected chi connectivity index (χ4v) is 2.49. The molecule has 4 heteroatoms. The number of hydrogen-bond donors (Lipinski definition) is 1. The first-order valence-corrected chi connectivity index (χ1v) is 6.21. The van der Waals surface area contributed by atoms with E-state index in [0.29, 0.717) is 6.04 Å². The Labute approximate surface area is 97.4 Å². The molecule has 0 spiro atoms. The van der Waals surface area contributed by atoms with Crippen LogP contribution in [0.1, 0.15) is 24.8 Å². The molecule has 1 saturated heterocycles. The van der Waals surface area contributed by atoms with Crippen LogP contribution in [-0.2, 0) is 13.5 Å². The monoisotopic (exact) mass is 222 g/mol. The van der Waals surface area contributed by atoms with Gasteiger partial charge < -0.3 is 5.73 Å². The standard InChI is InChI=1S/C12H22N4/c1-15-10-11(9-14-15)5-7-16-6-3-2-4-12(16)8-13/h9-10,12H,2-8,13H2,1H3. The van der Waals surface area contributed by atoms with E-state index in [-0.39, 0.29) is 0 Å². The fraction of sp³-hybridized carbons (Fsp3) is 0.750. The van der Waals surface area contributed by atoms with Gasteiger partial charge in [0, 0.05) is 32.4 Å². The van der Waals surface area contributed by atoms with E-state index < -0.39 is 0 Å². The lowest BCUT2D eigenvalue weighted by molar-refractivity contribution is 0.155. The van der Waals surface area contributed by atoms with E-state index in [1.807, 2.05) is 17.9 Å². The Kier molecular flexibility index (Phi) is 3.96. The minimum atomic E-state index is 0.602. The Morgan fingerprint density at radius 2 is 2.38 bits per heavy atom. The van der Waals surface area contributed by atoms with Crippen LogP contribution < -0.4 is 5.73 Å². The van der Waals surface area contributed by atoms with Gasteiger partial charge in [-0.2, -0.15) is 5.10 Å². The van der Waals surface area contributed by atoms with Gasteiger partial charge in [0.25, 0.3) is 0 Å². The van der Waals surface area contributed by atoms with Crippen molar-refractivity contribution >= 4 is 0 Å². The third kappa shape index (κ3) is 2.83. The number of hydrogen-bond acceptors (Lipinski definition) is 3. The average molecular weight is 222 g/mol. The zero-order valence-corrected chi connectivity index (χ0v) is 10.1. The summed E-state index contributed by atoms with van der Waals surface area (Å²) in [7, 11) is 1.97. The summed E-state index contributed by atoms with van der Waals surface area (Å²) in [5.41, 5.74) is 7.13. The Morgan fingerprint density at radius 3 is 3.06 bits per heavy atom. The molecule has 1 aliphatic rings.